The van der Waals surface area contributed by atoms with E-state index in [9.17, 15) is 0 Å². The van der Waals surface area contributed by atoms with Gasteiger partial charge in [0.25, 0.3) is 0 Å². The van der Waals surface area contributed by atoms with Crippen LogP contribution in [0.1, 0.15) is 58.9 Å². The summed E-state index contributed by atoms with van der Waals surface area (Å²) in [5.74, 6) is 3.40. The average Bonchev–Trinajstić information content (AvgIpc) is 3.38. The number of ether oxygens (including phenoxy) is 3. The van der Waals surface area contributed by atoms with Gasteiger partial charge < -0.3 is 23.7 Å². The summed E-state index contributed by atoms with van der Waals surface area (Å²) in [4.78, 5) is 7.58. The van der Waals surface area contributed by atoms with Gasteiger partial charge in [-0.3, -0.25) is 0 Å². The minimum Gasteiger partial charge on any atom is -0.493 e. The molecule has 0 aliphatic rings. The molecule has 3 aromatic carbocycles. The monoisotopic (exact) mass is 591 g/mol. The number of rotatable bonds is 18. The molecule has 0 N–H and O–H groups in total. The Hall–Kier alpha value is -3.22. The molecular formula is C35H46ClN3O3. The van der Waals surface area contributed by atoms with Crippen molar-refractivity contribution in [3.05, 3.63) is 71.2 Å². The number of halogens is 1. The smallest absolute Gasteiger partial charge is 0.150 e. The third-order valence-electron chi connectivity index (χ3n) is 7.46. The van der Waals surface area contributed by atoms with Crippen LogP contribution in [-0.2, 0) is 13.0 Å². The first-order valence-electron chi connectivity index (χ1n) is 15.6. The normalized spacial score (nSPS) is 11.4. The van der Waals surface area contributed by atoms with Crippen molar-refractivity contribution in [3.8, 4) is 28.6 Å². The number of nitrogens with zero attached hydrogens (tertiary/aromatic N) is 3. The molecular weight excluding hydrogens is 546 g/mol. The van der Waals surface area contributed by atoms with E-state index in [1.807, 2.05) is 42.5 Å². The van der Waals surface area contributed by atoms with Crippen molar-refractivity contribution in [2.45, 2.75) is 66.3 Å². The van der Waals surface area contributed by atoms with Crippen LogP contribution >= 0.6 is 11.6 Å². The number of aromatic nitrogens is 2. The summed E-state index contributed by atoms with van der Waals surface area (Å²) in [6, 6.07) is 20.3. The lowest BCUT2D eigenvalue weighted by atomic mass is 10.1. The average molecular weight is 592 g/mol. The maximum atomic E-state index is 6.38. The standard InChI is InChI=1S/C35H46ClN3O3/c1-5-9-21-39-32-25-31(40-22-6-2)26-33(42-23-10-20-38(7-3)8-4)34(32)37-35(39)28-13-17-30(18-14-28)41-24-19-27-11-15-29(36)16-12-27/h11-18,25-26H,5-10,19-24H2,1-4H3. The highest BCUT2D eigenvalue weighted by Gasteiger charge is 2.18. The molecule has 1 aromatic heterocycles. The molecule has 0 amide bonds. The molecule has 0 spiro atoms. The second-order valence-corrected chi connectivity index (χ2v) is 11.0. The van der Waals surface area contributed by atoms with Gasteiger partial charge in [0.05, 0.1) is 25.3 Å². The fourth-order valence-electron chi connectivity index (χ4n) is 4.99. The van der Waals surface area contributed by atoms with Crippen molar-refractivity contribution in [1.82, 2.24) is 14.5 Å². The fraction of sp³-hybridized carbons (Fsp3) is 0.457. The van der Waals surface area contributed by atoms with E-state index in [-0.39, 0.29) is 0 Å². The summed E-state index contributed by atoms with van der Waals surface area (Å²) in [5, 5.41) is 0.749. The van der Waals surface area contributed by atoms with Gasteiger partial charge in [0, 0.05) is 42.2 Å². The predicted octanol–water partition coefficient (Wildman–Crippen LogP) is 8.68. The summed E-state index contributed by atoms with van der Waals surface area (Å²) >= 11 is 6.00. The Kier molecular flexibility index (Phi) is 12.4. The first-order valence-corrected chi connectivity index (χ1v) is 15.9. The van der Waals surface area contributed by atoms with Crippen LogP contribution in [-0.4, -0.2) is 53.9 Å². The number of hydrogen-bond acceptors (Lipinski definition) is 5. The van der Waals surface area contributed by atoms with Gasteiger partial charge >= 0.3 is 0 Å². The number of imidazole rings is 1. The van der Waals surface area contributed by atoms with Crippen molar-refractivity contribution < 1.29 is 14.2 Å². The molecule has 4 rings (SSSR count). The molecule has 7 heteroatoms. The highest BCUT2D eigenvalue weighted by Crippen LogP contribution is 2.35. The van der Waals surface area contributed by atoms with Gasteiger partial charge in [-0.2, -0.15) is 0 Å². The molecule has 0 aliphatic carbocycles. The summed E-state index contributed by atoms with van der Waals surface area (Å²) in [5.41, 5.74) is 4.19. The largest absolute Gasteiger partial charge is 0.493 e. The van der Waals surface area contributed by atoms with Crippen molar-refractivity contribution in [2.75, 3.05) is 39.5 Å². The van der Waals surface area contributed by atoms with Crippen LogP contribution in [0.15, 0.2) is 60.7 Å². The van der Waals surface area contributed by atoms with Gasteiger partial charge in [0.1, 0.15) is 22.8 Å². The van der Waals surface area contributed by atoms with Gasteiger partial charge in [0.15, 0.2) is 5.75 Å². The van der Waals surface area contributed by atoms with Crippen LogP contribution in [0.5, 0.6) is 17.2 Å². The molecule has 42 heavy (non-hydrogen) atoms. The van der Waals surface area contributed by atoms with Gasteiger partial charge in [-0.15, -0.1) is 0 Å². The maximum Gasteiger partial charge on any atom is 0.150 e. The minimum atomic E-state index is 0.603. The van der Waals surface area contributed by atoms with Gasteiger partial charge in [0.2, 0.25) is 0 Å². The van der Waals surface area contributed by atoms with E-state index < -0.39 is 0 Å². The number of unbranched alkanes of at least 4 members (excludes halogenated alkanes) is 1. The first-order chi connectivity index (χ1) is 20.6. The molecule has 4 aromatic rings. The molecule has 6 nitrogen and oxygen atoms in total. The summed E-state index contributed by atoms with van der Waals surface area (Å²) in [6.07, 6.45) is 4.90. The minimum absolute atomic E-state index is 0.603. The van der Waals surface area contributed by atoms with Crippen LogP contribution in [0.2, 0.25) is 5.02 Å². The Bertz CT molecular complexity index is 1370. The van der Waals surface area contributed by atoms with Crippen molar-refractivity contribution >= 4 is 22.6 Å². The molecule has 0 saturated carbocycles. The van der Waals surface area contributed by atoms with Gasteiger partial charge in [-0.1, -0.05) is 57.8 Å². The van der Waals surface area contributed by atoms with E-state index in [1.54, 1.807) is 0 Å². The molecule has 0 unspecified atom stereocenters. The number of fused-ring (bicyclic) bond motifs is 1. The third-order valence-corrected chi connectivity index (χ3v) is 7.71. The Balaban J connectivity index is 1.57. The van der Waals surface area contributed by atoms with E-state index in [0.717, 1.165) is 103 Å². The van der Waals surface area contributed by atoms with Crippen LogP contribution in [0, 0.1) is 0 Å². The molecule has 226 valence electrons. The Morgan fingerprint density at radius 3 is 2.19 bits per heavy atom. The summed E-state index contributed by atoms with van der Waals surface area (Å²) in [7, 11) is 0. The second kappa shape index (κ2) is 16.4. The molecule has 0 saturated heterocycles. The Labute approximate surface area is 256 Å². The van der Waals surface area contributed by atoms with Gasteiger partial charge in [-0.25, -0.2) is 4.98 Å². The van der Waals surface area contributed by atoms with E-state index in [4.69, 9.17) is 30.8 Å². The van der Waals surface area contributed by atoms with E-state index in [1.165, 1.54) is 5.56 Å². The maximum absolute atomic E-state index is 6.38. The molecule has 0 aliphatic heterocycles. The summed E-state index contributed by atoms with van der Waals surface area (Å²) in [6.45, 7) is 14.7. The third kappa shape index (κ3) is 8.65. The zero-order valence-electron chi connectivity index (χ0n) is 25.7. The topological polar surface area (TPSA) is 48.8 Å². The fourth-order valence-corrected chi connectivity index (χ4v) is 5.12. The predicted molar refractivity (Wildman–Crippen MR) is 174 cm³/mol. The highest BCUT2D eigenvalue weighted by molar-refractivity contribution is 6.30. The Morgan fingerprint density at radius 1 is 0.762 bits per heavy atom. The van der Waals surface area contributed by atoms with Crippen LogP contribution < -0.4 is 14.2 Å². The number of hydrogen-bond donors (Lipinski definition) is 0. The lowest BCUT2D eigenvalue weighted by molar-refractivity contribution is 0.249. The van der Waals surface area contributed by atoms with Crippen LogP contribution in [0.4, 0.5) is 0 Å². The van der Waals surface area contributed by atoms with Crippen molar-refractivity contribution in [1.29, 1.82) is 0 Å². The number of benzene rings is 3. The molecule has 0 radical (unpaired) electrons. The van der Waals surface area contributed by atoms with Gasteiger partial charge in [-0.05, 0) is 74.3 Å². The summed E-state index contributed by atoms with van der Waals surface area (Å²) < 4.78 is 20.8. The lowest BCUT2D eigenvalue weighted by Gasteiger charge is -2.18. The molecule has 0 atom stereocenters. The number of aryl methyl sites for hydroxylation is 1. The van der Waals surface area contributed by atoms with E-state index in [0.29, 0.717) is 19.8 Å². The molecule has 0 bridgehead atoms. The van der Waals surface area contributed by atoms with Crippen molar-refractivity contribution in [2.24, 2.45) is 0 Å². The Morgan fingerprint density at radius 2 is 1.50 bits per heavy atom. The zero-order chi connectivity index (χ0) is 29.7. The second-order valence-electron chi connectivity index (χ2n) is 10.6. The van der Waals surface area contributed by atoms with E-state index >= 15 is 0 Å². The van der Waals surface area contributed by atoms with Crippen LogP contribution in [0.3, 0.4) is 0 Å². The van der Waals surface area contributed by atoms with Crippen LogP contribution in [0.25, 0.3) is 22.4 Å². The SMILES string of the molecule is CCCCn1c(-c2ccc(OCCc3ccc(Cl)cc3)cc2)nc2c(OCCCN(CC)CC)cc(OCCC)cc21. The molecule has 0 fully saturated rings. The molecule has 1 heterocycles. The quantitative estimate of drug-likeness (QED) is 0.108. The zero-order valence-corrected chi connectivity index (χ0v) is 26.5. The highest BCUT2D eigenvalue weighted by atomic mass is 35.5. The lowest BCUT2D eigenvalue weighted by Crippen LogP contribution is -2.25. The van der Waals surface area contributed by atoms with Crippen molar-refractivity contribution in [3.63, 3.8) is 0 Å². The van der Waals surface area contributed by atoms with E-state index in [2.05, 4.69) is 55.4 Å². The first kappa shape index (κ1) is 31.7.